The molecule has 3 aromatic rings. The molecule has 1 aliphatic rings. The van der Waals surface area contributed by atoms with E-state index in [1.165, 1.54) is 12.8 Å². The van der Waals surface area contributed by atoms with Crippen LogP contribution in [0.5, 0.6) is 11.5 Å². The smallest absolute Gasteiger partial charge is 0.229 e. The number of hydrogen-bond acceptors (Lipinski definition) is 5. The van der Waals surface area contributed by atoms with E-state index < -0.39 is 0 Å². The van der Waals surface area contributed by atoms with Crippen LogP contribution < -0.4 is 15.0 Å². The summed E-state index contributed by atoms with van der Waals surface area (Å²) in [5.41, 5.74) is 0.930. The standard InChI is InChI=1S/C20H20N4O/c1-2-6-17(7-3-1)25-18-10-8-16(9-11-18)22-20-21-13-12-19(23-20)24-14-4-5-15-24/h1-3,6-13H,4-5,14-15H2,(H,21,22,23). The van der Waals surface area contributed by atoms with Gasteiger partial charge in [-0.1, -0.05) is 18.2 Å². The fourth-order valence-corrected chi connectivity index (χ4v) is 2.89. The molecule has 1 fully saturated rings. The predicted octanol–water partition coefficient (Wildman–Crippen LogP) is 4.61. The maximum Gasteiger partial charge on any atom is 0.229 e. The molecule has 2 aromatic carbocycles. The van der Waals surface area contributed by atoms with Crippen LogP contribution in [0.1, 0.15) is 12.8 Å². The molecular weight excluding hydrogens is 312 g/mol. The van der Waals surface area contributed by atoms with Crippen molar-refractivity contribution in [2.45, 2.75) is 12.8 Å². The van der Waals surface area contributed by atoms with Crippen LogP contribution in [0.15, 0.2) is 66.9 Å². The van der Waals surface area contributed by atoms with Crippen molar-refractivity contribution in [3.05, 3.63) is 66.9 Å². The molecule has 1 saturated heterocycles. The lowest BCUT2D eigenvalue weighted by atomic mass is 10.3. The molecule has 0 atom stereocenters. The minimum absolute atomic E-state index is 0.612. The molecule has 1 aliphatic heterocycles. The van der Waals surface area contributed by atoms with Crippen molar-refractivity contribution in [2.24, 2.45) is 0 Å². The summed E-state index contributed by atoms with van der Waals surface area (Å²) in [4.78, 5) is 11.2. The number of nitrogens with zero attached hydrogens (tertiary/aromatic N) is 3. The van der Waals surface area contributed by atoms with Crippen molar-refractivity contribution in [1.82, 2.24) is 9.97 Å². The number of anilines is 3. The van der Waals surface area contributed by atoms with Crippen LogP contribution in [0.2, 0.25) is 0 Å². The Balaban J connectivity index is 1.43. The van der Waals surface area contributed by atoms with Crippen LogP contribution >= 0.6 is 0 Å². The average Bonchev–Trinajstić information content (AvgIpc) is 3.19. The molecule has 4 rings (SSSR count). The van der Waals surface area contributed by atoms with E-state index in [1.807, 2.05) is 60.7 Å². The first-order chi connectivity index (χ1) is 12.4. The molecule has 1 N–H and O–H groups in total. The molecule has 126 valence electrons. The zero-order chi connectivity index (χ0) is 16.9. The van der Waals surface area contributed by atoms with E-state index in [2.05, 4.69) is 20.2 Å². The summed E-state index contributed by atoms with van der Waals surface area (Å²) >= 11 is 0. The molecule has 1 aromatic heterocycles. The average molecular weight is 332 g/mol. The van der Waals surface area contributed by atoms with Crippen molar-refractivity contribution >= 4 is 17.5 Å². The second kappa shape index (κ2) is 7.21. The van der Waals surface area contributed by atoms with Crippen LogP contribution in [0.4, 0.5) is 17.5 Å². The van der Waals surface area contributed by atoms with Crippen molar-refractivity contribution in [2.75, 3.05) is 23.3 Å². The Hall–Kier alpha value is -3.08. The van der Waals surface area contributed by atoms with Crippen molar-refractivity contribution < 1.29 is 4.74 Å². The zero-order valence-corrected chi connectivity index (χ0v) is 13.9. The third-order valence-corrected chi connectivity index (χ3v) is 4.16. The van der Waals surface area contributed by atoms with Crippen LogP contribution in [-0.2, 0) is 0 Å². The van der Waals surface area contributed by atoms with E-state index in [0.29, 0.717) is 5.95 Å². The summed E-state index contributed by atoms with van der Waals surface area (Å²) in [6.45, 7) is 2.14. The van der Waals surface area contributed by atoms with Gasteiger partial charge >= 0.3 is 0 Å². The Morgan fingerprint density at radius 3 is 2.32 bits per heavy atom. The highest BCUT2D eigenvalue weighted by molar-refractivity contribution is 5.56. The number of nitrogens with one attached hydrogen (secondary N) is 1. The van der Waals surface area contributed by atoms with Gasteiger partial charge in [-0.05, 0) is 55.3 Å². The Morgan fingerprint density at radius 1 is 0.840 bits per heavy atom. The maximum absolute atomic E-state index is 5.80. The second-order valence-electron chi connectivity index (χ2n) is 6.00. The van der Waals surface area contributed by atoms with Gasteiger partial charge in [-0.3, -0.25) is 0 Å². The van der Waals surface area contributed by atoms with Gasteiger partial charge < -0.3 is 15.0 Å². The van der Waals surface area contributed by atoms with Gasteiger partial charge in [0.05, 0.1) is 0 Å². The second-order valence-corrected chi connectivity index (χ2v) is 6.00. The Bertz CT molecular complexity index is 815. The largest absolute Gasteiger partial charge is 0.457 e. The first-order valence-electron chi connectivity index (χ1n) is 8.55. The number of hydrogen-bond donors (Lipinski definition) is 1. The van der Waals surface area contributed by atoms with E-state index in [9.17, 15) is 0 Å². The van der Waals surface area contributed by atoms with Crippen molar-refractivity contribution in [3.8, 4) is 11.5 Å². The van der Waals surface area contributed by atoms with Gasteiger partial charge in [-0.2, -0.15) is 4.98 Å². The molecule has 5 nitrogen and oxygen atoms in total. The summed E-state index contributed by atoms with van der Waals surface area (Å²) in [7, 11) is 0. The van der Waals surface area contributed by atoms with Gasteiger partial charge in [0.1, 0.15) is 17.3 Å². The lowest BCUT2D eigenvalue weighted by Gasteiger charge is -2.16. The van der Waals surface area contributed by atoms with E-state index in [1.54, 1.807) is 6.20 Å². The third kappa shape index (κ3) is 3.88. The first-order valence-corrected chi connectivity index (χ1v) is 8.55. The van der Waals surface area contributed by atoms with Gasteiger partial charge in [-0.25, -0.2) is 4.98 Å². The monoisotopic (exact) mass is 332 g/mol. The summed E-state index contributed by atoms with van der Waals surface area (Å²) in [5, 5.41) is 3.25. The number of benzene rings is 2. The molecule has 0 aliphatic carbocycles. The minimum Gasteiger partial charge on any atom is -0.457 e. The number of ether oxygens (including phenoxy) is 1. The van der Waals surface area contributed by atoms with Gasteiger partial charge in [0.25, 0.3) is 0 Å². The molecular formula is C20H20N4O. The summed E-state index contributed by atoms with van der Waals surface area (Å²) in [6.07, 6.45) is 4.27. The molecule has 2 heterocycles. The quantitative estimate of drug-likeness (QED) is 0.739. The van der Waals surface area contributed by atoms with Crippen LogP contribution in [-0.4, -0.2) is 23.1 Å². The lowest BCUT2D eigenvalue weighted by Crippen LogP contribution is -2.19. The molecule has 0 amide bonds. The molecule has 0 saturated carbocycles. The summed E-state index contributed by atoms with van der Waals surface area (Å²) < 4.78 is 5.80. The molecule has 0 spiro atoms. The van der Waals surface area contributed by atoms with E-state index in [0.717, 1.165) is 36.1 Å². The first kappa shape index (κ1) is 15.4. The van der Waals surface area contributed by atoms with Crippen LogP contribution in [0, 0.1) is 0 Å². The normalized spacial score (nSPS) is 13.7. The van der Waals surface area contributed by atoms with E-state index in [-0.39, 0.29) is 0 Å². The predicted molar refractivity (Wildman–Crippen MR) is 99.7 cm³/mol. The van der Waals surface area contributed by atoms with Crippen molar-refractivity contribution in [1.29, 1.82) is 0 Å². The zero-order valence-electron chi connectivity index (χ0n) is 13.9. The highest BCUT2D eigenvalue weighted by Crippen LogP contribution is 2.24. The Morgan fingerprint density at radius 2 is 1.56 bits per heavy atom. The van der Waals surface area contributed by atoms with Crippen LogP contribution in [0.25, 0.3) is 0 Å². The fourth-order valence-electron chi connectivity index (χ4n) is 2.89. The van der Waals surface area contributed by atoms with Crippen LogP contribution in [0.3, 0.4) is 0 Å². The maximum atomic E-state index is 5.80. The molecule has 25 heavy (non-hydrogen) atoms. The summed E-state index contributed by atoms with van der Waals surface area (Å²) in [5.74, 6) is 3.22. The minimum atomic E-state index is 0.612. The van der Waals surface area contributed by atoms with E-state index >= 15 is 0 Å². The lowest BCUT2D eigenvalue weighted by molar-refractivity contribution is 0.483. The topological polar surface area (TPSA) is 50.3 Å². The molecule has 0 radical (unpaired) electrons. The van der Waals surface area contributed by atoms with Gasteiger partial charge in [0, 0.05) is 25.0 Å². The Labute approximate surface area is 147 Å². The summed E-state index contributed by atoms with van der Waals surface area (Å²) in [6, 6.07) is 19.5. The Kier molecular flexibility index (Phi) is 4.46. The number of aromatic nitrogens is 2. The highest BCUT2D eigenvalue weighted by Gasteiger charge is 2.14. The SMILES string of the molecule is c1ccc(Oc2ccc(Nc3nccc(N4CCCC4)n3)cc2)cc1. The molecule has 0 unspecified atom stereocenters. The van der Waals surface area contributed by atoms with E-state index in [4.69, 9.17) is 4.74 Å². The number of para-hydroxylation sites is 1. The highest BCUT2D eigenvalue weighted by atomic mass is 16.5. The van der Waals surface area contributed by atoms with Gasteiger partial charge in [0.15, 0.2) is 0 Å². The fraction of sp³-hybridized carbons (Fsp3) is 0.200. The number of rotatable bonds is 5. The third-order valence-electron chi connectivity index (χ3n) is 4.16. The van der Waals surface area contributed by atoms with Gasteiger partial charge in [-0.15, -0.1) is 0 Å². The van der Waals surface area contributed by atoms with Crippen molar-refractivity contribution in [3.63, 3.8) is 0 Å². The van der Waals surface area contributed by atoms with Gasteiger partial charge in [0.2, 0.25) is 5.95 Å². The molecule has 5 heteroatoms. The molecule has 0 bridgehead atoms.